The van der Waals surface area contributed by atoms with Crippen LogP contribution in [0.15, 0.2) is 3.79 Å². The van der Waals surface area contributed by atoms with Gasteiger partial charge in [-0.25, -0.2) is 13.6 Å². The molecule has 0 bridgehead atoms. The molecule has 1 aromatic heterocycles. The third kappa shape index (κ3) is 2.52. The maximum absolute atomic E-state index is 13.4. The first kappa shape index (κ1) is 13.0. The Morgan fingerprint density at radius 1 is 1.59 bits per heavy atom. The molecule has 0 fully saturated rings. The number of halogens is 3. The summed E-state index contributed by atoms with van der Waals surface area (Å²) in [5.74, 6) is -3.23. The summed E-state index contributed by atoms with van der Waals surface area (Å²) in [6.45, 7) is 1.94. The summed E-state index contributed by atoms with van der Waals surface area (Å²) in [6, 6.07) is 0. The van der Waals surface area contributed by atoms with E-state index in [0.717, 1.165) is 4.88 Å². The summed E-state index contributed by atoms with van der Waals surface area (Å²) >= 11 is 4.61. The molecule has 17 heavy (non-hydrogen) atoms. The van der Waals surface area contributed by atoms with Crippen molar-refractivity contribution in [2.24, 2.45) is 0 Å². The number of carbonyl (C=O) groups is 1. The van der Waals surface area contributed by atoms with Crippen molar-refractivity contribution in [3.8, 4) is 0 Å². The maximum Gasteiger partial charge on any atom is 0.340 e. The molecule has 0 spiro atoms. The van der Waals surface area contributed by atoms with Gasteiger partial charge in [0.05, 0.1) is 16.0 Å². The number of esters is 1. The lowest BCUT2D eigenvalue weighted by molar-refractivity contribution is -0.0119. The first-order valence-corrected chi connectivity index (χ1v) is 6.90. The van der Waals surface area contributed by atoms with Gasteiger partial charge in [0.2, 0.25) is 0 Å². The van der Waals surface area contributed by atoms with Gasteiger partial charge in [-0.3, -0.25) is 0 Å². The summed E-state index contributed by atoms with van der Waals surface area (Å²) in [5, 5.41) is 0. The average molecular weight is 325 g/mol. The van der Waals surface area contributed by atoms with Crippen LogP contribution in [0.4, 0.5) is 8.78 Å². The fraction of sp³-hybridized carbons (Fsp3) is 0.545. The Labute approximate surface area is 110 Å². The molecule has 1 heterocycles. The number of ether oxygens (including phenoxy) is 1. The highest BCUT2D eigenvalue weighted by Gasteiger charge is 2.38. The van der Waals surface area contributed by atoms with Gasteiger partial charge in [0, 0.05) is 17.7 Å². The van der Waals surface area contributed by atoms with Crippen LogP contribution in [0.2, 0.25) is 0 Å². The minimum atomic E-state index is -2.71. The van der Waals surface area contributed by atoms with E-state index in [0.29, 0.717) is 15.8 Å². The molecule has 94 valence electrons. The van der Waals surface area contributed by atoms with E-state index >= 15 is 0 Å². The summed E-state index contributed by atoms with van der Waals surface area (Å²) in [5.41, 5.74) is 0.739. The predicted octanol–water partition coefficient (Wildman–Crippen LogP) is 3.81. The first-order chi connectivity index (χ1) is 7.94. The highest BCUT2D eigenvalue weighted by atomic mass is 79.9. The maximum atomic E-state index is 13.4. The average Bonchev–Trinajstić information content (AvgIpc) is 2.52. The monoisotopic (exact) mass is 324 g/mol. The van der Waals surface area contributed by atoms with Crippen molar-refractivity contribution in [2.45, 2.75) is 32.1 Å². The predicted molar refractivity (Wildman–Crippen MR) is 64.9 cm³/mol. The fourth-order valence-electron chi connectivity index (χ4n) is 1.92. The number of rotatable bonds is 2. The van der Waals surface area contributed by atoms with Gasteiger partial charge in [-0.2, -0.15) is 0 Å². The van der Waals surface area contributed by atoms with E-state index < -0.39 is 11.9 Å². The Kier molecular flexibility index (Phi) is 3.54. The van der Waals surface area contributed by atoms with Gasteiger partial charge in [0.1, 0.15) is 0 Å². The second kappa shape index (κ2) is 4.65. The van der Waals surface area contributed by atoms with Gasteiger partial charge in [0.15, 0.2) is 0 Å². The Morgan fingerprint density at radius 2 is 2.29 bits per heavy atom. The lowest BCUT2D eigenvalue weighted by Gasteiger charge is -2.22. The van der Waals surface area contributed by atoms with Crippen molar-refractivity contribution < 1.29 is 18.3 Å². The van der Waals surface area contributed by atoms with Gasteiger partial charge in [-0.15, -0.1) is 11.3 Å². The molecule has 0 amide bonds. The minimum Gasteiger partial charge on any atom is -0.462 e. The molecule has 0 atom stereocenters. The molecule has 0 saturated heterocycles. The van der Waals surface area contributed by atoms with Crippen molar-refractivity contribution in [1.29, 1.82) is 0 Å². The van der Waals surface area contributed by atoms with Crippen LogP contribution in [-0.4, -0.2) is 18.5 Å². The standard InChI is InChI=1S/C11H11BrF2O2S/c1-2-16-10(15)8-6-5-11(13,14)4-3-7(6)17-9(8)12/h2-5H2,1H3. The zero-order chi connectivity index (χ0) is 12.6. The number of alkyl halides is 2. The number of carbonyl (C=O) groups excluding carboxylic acids is 1. The Morgan fingerprint density at radius 3 is 2.94 bits per heavy atom. The molecule has 0 saturated carbocycles. The quantitative estimate of drug-likeness (QED) is 0.773. The van der Waals surface area contributed by atoms with E-state index in [9.17, 15) is 13.6 Å². The third-order valence-electron chi connectivity index (χ3n) is 2.68. The fourth-order valence-corrected chi connectivity index (χ4v) is 3.93. The molecule has 0 radical (unpaired) electrons. The van der Waals surface area contributed by atoms with E-state index in [1.807, 2.05) is 0 Å². The van der Waals surface area contributed by atoms with Crippen LogP contribution >= 0.6 is 27.3 Å². The van der Waals surface area contributed by atoms with Crippen molar-refractivity contribution in [1.82, 2.24) is 0 Å². The van der Waals surface area contributed by atoms with Crippen molar-refractivity contribution in [3.63, 3.8) is 0 Å². The SMILES string of the molecule is CCOC(=O)c1c(Br)sc2c1CC(F)(F)CC2. The Balaban J connectivity index is 2.40. The zero-order valence-electron chi connectivity index (χ0n) is 9.19. The Hall–Kier alpha value is -0.490. The van der Waals surface area contributed by atoms with Crippen LogP contribution in [0, 0.1) is 0 Å². The molecule has 1 aliphatic carbocycles. The van der Waals surface area contributed by atoms with E-state index in [1.54, 1.807) is 6.92 Å². The molecule has 1 aromatic rings. The highest BCUT2D eigenvalue weighted by molar-refractivity contribution is 9.11. The van der Waals surface area contributed by atoms with Crippen LogP contribution in [0.25, 0.3) is 0 Å². The van der Waals surface area contributed by atoms with Crippen LogP contribution < -0.4 is 0 Å². The van der Waals surface area contributed by atoms with Crippen LogP contribution in [0.5, 0.6) is 0 Å². The zero-order valence-corrected chi connectivity index (χ0v) is 11.6. The smallest absolute Gasteiger partial charge is 0.340 e. The minimum absolute atomic E-state index is 0.144. The summed E-state index contributed by atoms with van der Waals surface area (Å²) in [7, 11) is 0. The number of hydrogen-bond acceptors (Lipinski definition) is 3. The van der Waals surface area contributed by atoms with Gasteiger partial charge < -0.3 is 4.74 Å². The molecule has 6 heteroatoms. The van der Waals surface area contributed by atoms with E-state index in [4.69, 9.17) is 4.74 Å². The summed E-state index contributed by atoms with van der Waals surface area (Å²) < 4.78 is 32.2. The van der Waals surface area contributed by atoms with Crippen molar-refractivity contribution in [3.05, 3.63) is 19.8 Å². The van der Waals surface area contributed by atoms with Gasteiger partial charge in [0.25, 0.3) is 5.92 Å². The third-order valence-corrected chi connectivity index (χ3v) is 4.64. The molecule has 0 aromatic carbocycles. The lowest BCUT2D eigenvalue weighted by atomic mass is 9.93. The van der Waals surface area contributed by atoms with Crippen molar-refractivity contribution >= 4 is 33.2 Å². The lowest BCUT2D eigenvalue weighted by Crippen LogP contribution is -2.26. The molecular weight excluding hydrogens is 314 g/mol. The van der Waals surface area contributed by atoms with E-state index in [-0.39, 0.29) is 25.0 Å². The van der Waals surface area contributed by atoms with Crippen LogP contribution in [0.3, 0.4) is 0 Å². The largest absolute Gasteiger partial charge is 0.462 e. The first-order valence-electron chi connectivity index (χ1n) is 5.29. The second-order valence-electron chi connectivity index (χ2n) is 3.91. The normalized spacial score (nSPS) is 17.6. The van der Waals surface area contributed by atoms with E-state index in [1.165, 1.54) is 11.3 Å². The summed E-state index contributed by atoms with van der Waals surface area (Å²) in [4.78, 5) is 12.6. The van der Waals surface area contributed by atoms with Gasteiger partial charge >= 0.3 is 5.97 Å². The van der Waals surface area contributed by atoms with Crippen molar-refractivity contribution in [2.75, 3.05) is 6.61 Å². The van der Waals surface area contributed by atoms with Gasteiger partial charge in [-0.1, -0.05) is 0 Å². The molecule has 1 aliphatic rings. The molecule has 0 N–H and O–H groups in total. The molecule has 0 unspecified atom stereocenters. The molecule has 2 nitrogen and oxygen atoms in total. The summed E-state index contributed by atoms with van der Waals surface area (Å²) in [6.07, 6.45) is -0.182. The van der Waals surface area contributed by atoms with Crippen LogP contribution in [0.1, 0.15) is 34.1 Å². The van der Waals surface area contributed by atoms with E-state index in [2.05, 4.69) is 15.9 Å². The van der Waals surface area contributed by atoms with Gasteiger partial charge in [-0.05, 0) is 34.8 Å². The number of aryl methyl sites for hydroxylation is 1. The highest BCUT2D eigenvalue weighted by Crippen LogP contribution is 2.42. The molecule has 0 aliphatic heterocycles. The second-order valence-corrected chi connectivity index (χ2v) is 6.33. The molecule has 2 rings (SSSR count). The number of thiophene rings is 1. The van der Waals surface area contributed by atoms with Crippen LogP contribution in [-0.2, 0) is 17.6 Å². The Bertz CT molecular complexity index is 457. The molecular formula is C11H11BrF2O2S. The number of fused-ring (bicyclic) bond motifs is 1. The topological polar surface area (TPSA) is 26.3 Å². The number of hydrogen-bond donors (Lipinski definition) is 0.